The molecule has 0 radical (unpaired) electrons. The Bertz CT molecular complexity index is 675. The summed E-state index contributed by atoms with van der Waals surface area (Å²) in [6.45, 7) is 2.53. The van der Waals surface area contributed by atoms with Gasteiger partial charge in [0, 0.05) is 34.2 Å². The number of carbonyl (C=O) groups is 1. The number of thioether (sulfide) groups is 1. The van der Waals surface area contributed by atoms with Crippen LogP contribution in [0, 0.1) is 12.8 Å². The lowest BCUT2D eigenvalue weighted by molar-refractivity contribution is 0.0933. The molecule has 138 valence electrons. The first-order chi connectivity index (χ1) is 11.2. The van der Waals surface area contributed by atoms with Crippen molar-refractivity contribution in [1.29, 1.82) is 0 Å². The van der Waals surface area contributed by atoms with Crippen LogP contribution in [0.4, 0.5) is 0 Å². The van der Waals surface area contributed by atoms with E-state index < -0.39 is 0 Å². The van der Waals surface area contributed by atoms with Crippen molar-refractivity contribution in [3.63, 3.8) is 0 Å². The molecule has 4 nitrogen and oxygen atoms in total. The molecule has 1 heterocycles. The molecule has 25 heavy (non-hydrogen) atoms. The summed E-state index contributed by atoms with van der Waals surface area (Å²) in [5.74, 6) is 1.40. The van der Waals surface area contributed by atoms with Gasteiger partial charge >= 0.3 is 0 Å². The number of hydrogen-bond donors (Lipinski definition) is 2. The number of hydrogen-bond acceptors (Lipinski definition) is 5. The average molecular weight is 420 g/mol. The summed E-state index contributed by atoms with van der Waals surface area (Å²) >= 11 is 3.41. The number of carbonyl (C=O) groups excluding carboxylic acids is 1. The van der Waals surface area contributed by atoms with Gasteiger partial charge in [0.05, 0.1) is 10.7 Å². The molecular weight excluding hydrogens is 397 g/mol. The predicted molar refractivity (Wildman–Crippen MR) is 110 cm³/mol. The highest BCUT2D eigenvalue weighted by molar-refractivity contribution is 7.98. The maximum absolute atomic E-state index is 12.3. The number of nitrogens with two attached hydrogens (primary N) is 1. The smallest absolute Gasteiger partial charge is 0.251 e. The largest absolute Gasteiger partial charge is 0.348 e. The molecule has 1 atom stereocenters. The van der Waals surface area contributed by atoms with Gasteiger partial charge in [0.25, 0.3) is 5.91 Å². The number of benzene rings is 1. The Morgan fingerprint density at radius 3 is 2.56 bits per heavy atom. The van der Waals surface area contributed by atoms with Crippen molar-refractivity contribution in [3.05, 3.63) is 45.9 Å². The van der Waals surface area contributed by atoms with Crippen molar-refractivity contribution >= 4 is 53.8 Å². The van der Waals surface area contributed by atoms with E-state index in [1.807, 2.05) is 31.2 Å². The van der Waals surface area contributed by atoms with Gasteiger partial charge in [-0.3, -0.25) is 4.79 Å². The van der Waals surface area contributed by atoms with Crippen LogP contribution in [-0.2, 0) is 5.75 Å². The second-order valence-electron chi connectivity index (χ2n) is 5.82. The molecule has 1 amide bonds. The topological polar surface area (TPSA) is 68.0 Å². The van der Waals surface area contributed by atoms with E-state index in [0.717, 1.165) is 21.3 Å². The fourth-order valence-electron chi connectivity index (χ4n) is 2.45. The molecule has 1 aliphatic rings. The number of aryl methyl sites for hydroxylation is 1. The number of amides is 1. The number of thiazole rings is 1. The molecule has 0 bridgehead atoms. The van der Waals surface area contributed by atoms with Crippen LogP contribution in [0.2, 0.25) is 0 Å². The average Bonchev–Trinajstić information content (AvgIpc) is 3.33. The second kappa shape index (κ2) is 10.4. The number of nitrogens with zero attached hydrogens (tertiary/aromatic N) is 1. The van der Waals surface area contributed by atoms with Gasteiger partial charge in [-0.1, -0.05) is 0 Å². The highest BCUT2D eigenvalue weighted by atomic mass is 35.5. The van der Waals surface area contributed by atoms with Crippen molar-refractivity contribution in [2.75, 3.05) is 6.54 Å². The van der Waals surface area contributed by atoms with Crippen molar-refractivity contribution in [3.8, 4) is 0 Å². The first-order valence-electron chi connectivity index (χ1n) is 7.80. The number of halogens is 2. The first kappa shape index (κ1) is 22.3. The second-order valence-corrected chi connectivity index (χ2v) is 7.93. The molecule has 0 aliphatic heterocycles. The molecule has 3 N–H and O–H groups in total. The van der Waals surface area contributed by atoms with Gasteiger partial charge < -0.3 is 11.1 Å². The SMILES string of the molecule is Cc1nc(CSc2ccc(C(=O)NC(CN)C3CC3)cc2)cs1.Cl.Cl. The fraction of sp³-hybridized carbons (Fsp3) is 0.412. The summed E-state index contributed by atoms with van der Waals surface area (Å²) in [5, 5.41) is 6.23. The molecule has 1 saturated carbocycles. The molecule has 8 heteroatoms. The van der Waals surface area contributed by atoms with E-state index >= 15 is 0 Å². The van der Waals surface area contributed by atoms with E-state index in [9.17, 15) is 4.79 Å². The molecule has 0 saturated heterocycles. The van der Waals surface area contributed by atoms with Gasteiger partial charge in [0.2, 0.25) is 0 Å². The Hall–Kier alpha value is -0.790. The van der Waals surface area contributed by atoms with Crippen LogP contribution >= 0.6 is 47.9 Å². The van der Waals surface area contributed by atoms with E-state index in [4.69, 9.17) is 5.73 Å². The van der Waals surface area contributed by atoms with Gasteiger partial charge in [-0.2, -0.15) is 0 Å². The van der Waals surface area contributed by atoms with Crippen LogP contribution in [0.5, 0.6) is 0 Å². The third-order valence-corrected chi connectivity index (χ3v) is 5.80. The van der Waals surface area contributed by atoms with Crippen molar-refractivity contribution < 1.29 is 4.79 Å². The Balaban J connectivity index is 0.00000156. The molecule has 1 unspecified atom stereocenters. The van der Waals surface area contributed by atoms with Crippen LogP contribution in [0.25, 0.3) is 0 Å². The predicted octanol–water partition coefficient (Wildman–Crippen LogP) is 4.05. The molecule has 2 aromatic rings. The Morgan fingerprint density at radius 2 is 2.04 bits per heavy atom. The number of rotatable bonds is 7. The van der Waals surface area contributed by atoms with E-state index in [1.54, 1.807) is 23.1 Å². The quantitative estimate of drug-likeness (QED) is 0.663. The van der Waals surface area contributed by atoms with Gasteiger partial charge in [0.1, 0.15) is 0 Å². The third-order valence-electron chi connectivity index (χ3n) is 3.93. The Morgan fingerprint density at radius 1 is 1.36 bits per heavy atom. The standard InChI is InChI=1S/C17H21N3OS2.2ClH/c1-11-19-14(9-22-11)10-23-15-6-4-13(5-7-15)17(21)20-16(8-18)12-2-3-12;;/h4-7,9,12,16H,2-3,8,10,18H2,1H3,(H,20,21);2*1H. The van der Waals surface area contributed by atoms with Crippen LogP contribution in [0.15, 0.2) is 34.5 Å². The van der Waals surface area contributed by atoms with Gasteiger partial charge in [-0.05, 0) is 49.9 Å². The zero-order valence-corrected chi connectivity index (χ0v) is 17.2. The maximum Gasteiger partial charge on any atom is 0.251 e. The normalized spacial score (nSPS) is 14.2. The fourth-order valence-corrected chi connectivity index (χ4v) is 3.96. The molecule has 0 spiro atoms. The molecule has 3 rings (SSSR count). The van der Waals surface area contributed by atoms with Crippen molar-refractivity contribution in [2.24, 2.45) is 11.7 Å². The van der Waals surface area contributed by atoms with Crippen LogP contribution in [0.3, 0.4) is 0 Å². The van der Waals surface area contributed by atoms with Gasteiger partial charge in [-0.15, -0.1) is 47.9 Å². The lowest BCUT2D eigenvalue weighted by Gasteiger charge is -2.16. The highest BCUT2D eigenvalue weighted by Crippen LogP contribution is 2.32. The summed E-state index contributed by atoms with van der Waals surface area (Å²) in [7, 11) is 0. The first-order valence-corrected chi connectivity index (χ1v) is 9.67. The van der Waals surface area contributed by atoms with Crippen molar-refractivity contribution in [1.82, 2.24) is 10.3 Å². The minimum absolute atomic E-state index is 0. The summed E-state index contributed by atoms with van der Waals surface area (Å²) in [6, 6.07) is 7.86. The summed E-state index contributed by atoms with van der Waals surface area (Å²) in [5.41, 5.74) is 7.54. The van der Waals surface area contributed by atoms with Crippen LogP contribution in [0.1, 0.15) is 33.9 Å². The van der Waals surface area contributed by atoms with Crippen LogP contribution in [-0.4, -0.2) is 23.5 Å². The minimum atomic E-state index is -0.0287. The zero-order chi connectivity index (χ0) is 16.2. The molecule has 1 fully saturated rings. The Kier molecular flexibility index (Phi) is 9.24. The highest BCUT2D eigenvalue weighted by Gasteiger charge is 2.31. The minimum Gasteiger partial charge on any atom is -0.348 e. The maximum atomic E-state index is 12.3. The van der Waals surface area contributed by atoms with Gasteiger partial charge in [-0.25, -0.2) is 4.98 Å². The van der Waals surface area contributed by atoms with Crippen LogP contribution < -0.4 is 11.1 Å². The molecule has 1 aliphatic carbocycles. The zero-order valence-electron chi connectivity index (χ0n) is 13.9. The number of nitrogens with one attached hydrogen (secondary N) is 1. The van der Waals surface area contributed by atoms with Crippen molar-refractivity contribution in [2.45, 2.75) is 36.5 Å². The van der Waals surface area contributed by atoms with Gasteiger partial charge in [0.15, 0.2) is 0 Å². The molecular formula is C17H23Cl2N3OS2. The third kappa shape index (κ3) is 6.46. The summed E-state index contributed by atoms with van der Waals surface area (Å²) in [6.07, 6.45) is 2.35. The number of aromatic nitrogens is 1. The molecule has 1 aromatic heterocycles. The van der Waals surface area contributed by atoms with E-state index in [0.29, 0.717) is 18.0 Å². The van der Waals surface area contributed by atoms with E-state index in [-0.39, 0.29) is 36.8 Å². The monoisotopic (exact) mass is 419 g/mol. The Labute approximate surface area is 169 Å². The lowest BCUT2D eigenvalue weighted by Crippen LogP contribution is -2.41. The lowest BCUT2D eigenvalue weighted by atomic mass is 10.1. The van der Waals surface area contributed by atoms with E-state index in [1.165, 1.54) is 12.8 Å². The molecule has 1 aromatic carbocycles. The van der Waals surface area contributed by atoms with E-state index in [2.05, 4.69) is 15.7 Å². The summed E-state index contributed by atoms with van der Waals surface area (Å²) in [4.78, 5) is 17.9. The summed E-state index contributed by atoms with van der Waals surface area (Å²) < 4.78 is 0.